The van der Waals surface area contributed by atoms with Gasteiger partial charge in [-0.2, -0.15) is 0 Å². The summed E-state index contributed by atoms with van der Waals surface area (Å²) >= 11 is 0. The number of benzene rings is 1. The maximum absolute atomic E-state index is 11.9. The van der Waals surface area contributed by atoms with Crippen LogP contribution in [0, 0.1) is 0 Å². The minimum absolute atomic E-state index is 0.401. The van der Waals surface area contributed by atoms with Crippen LogP contribution in [-0.2, 0) is 6.54 Å². The summed E-state index contributed by atoms with van der Waals surface area (Å²) < 4.78 is 1.51. The smallest absolute Gasteiger partial charge is 0.330 e. The van der Waals surface area contributed by atoms with Crippen molar-refractivity contribution in [1.29, 1.82) is 0 Å². The molecular formula is C15H17N3O2. The first-order valence-electron chi connectivity index (χ1n) is 6.44. The van der Waals surface area contributed by atoms with Crippen molar-refractivity contribution in [2.45, 2.75) is 13.5 Å². The van der Waals surface area contributed by atoms with Gasteiger partial charge < -0.3 is 5.32 Å². The molecule has 5 nitrogen and oxygen atoms in total. The zero-order valence-corrected chi connectivity index (χ0v) is 11.3. The van der Waals surface area contributed by atoms with Gasteiger partial charge in [-0.05, 0) is 12.5 Å². The van der Waals surface area contributed by atoms with Gasteiger partial charge in [0.15, 0.2) is 0 Å². The van der Waals surface area contributed by atoms with Gasteiger partial charge in [-0.15, -0.1) is 0 Å². The summed E-state index contributed by atoms with van der Waals surface area (Å²) in [6.45, 7) is 2.89. The molecule has 0 saturated heterocycles. The standard InChI is InChI=1S/C15H17N3O2/c1-2-3-9-16-13-10-14(19)17-15(20)18(13)11-12-7-5-4-6-8-12/h2-8,10,16H,9,11H2,1H3,(H,17,19,20)/b3-2+. The molecule has 1 aromatic carbocycles. The highest BCUT2D eigenvalue weighted by Gasteiger charge is 2.05. The molecule has 2 rings (SSSR count). The normalized spacial score (nSPS) is 10.8. The number of nitrogens with one attached hydrogen (secondary N) is 2. The molecule has 1 heterocycles. The van der Waals surface area contributed by atoms with Crippen LogP contribution >= 0.6 is 0 Å². The van der Waals surface area contributed by atoms with Crippen LogP contribution < -0.4 is 16.6 Å². The van der Waals surface area contributed by atoms with Crippen LogP contribution in [0.15, 0.2) is 58.1 Å². The number of aromatic nitrogens is 2. The Kier molecular flexibility index (Phi) is 4.55. The quantitative estimate of drug-likeness (QED) is 0.811. The Labute approximate surface area is 116 Å². The summed E-state index contributed by atoms with van der Waals surface area (Å²) in [5.41, 5.74) is 0.183. The number of anilines is 1. The molecule has 0 unspecified atom stereocenters. The van der Waals surface area contributed by atoms with Crippen LogP contribution in [0.3, 0.4) is 0 Å². The van der Waals surface area contributed by atoms with E-state index in [0.717, 1.165) is 5.56 Å². The van der Waals surface area contributed by atoms with Gasteiger partial charge in [-0.1, -0.05) is 42.5 Å². The molecule has 0 aliphatic carbocycles. The maximum Gasteiger partial charge on any atom is 0.330 e. The molecule has 0 atom stereocenters. The summed E-state index contributed by atoms with van der Waals surface area (Å²) in [6, 6.07) is 11.0. The van der Waals surface area contributed by atoms with Gasteiger partial charge >= 0.3 is 5.69 Å². The number of hydrogen-bond acceptors (Lipinski definition) is 3. The third-order valence-corrected chi connectivity index (χ3v) is 2.85. The van der Waals surface area contributed by atoms with Gasteiger partial charge in [-0.3, -0.25) is 14.3 Å². The largest absolute Gasteiger partial charge is 0.368 e. The van der Waals surface area contributed by atoms with E-state index in [1.165, 1.54) is 10.6 Å². The van der Waals surface area contributed by atoms with Gasteiger partial charge in [0, 0.05) is 12.6 Å². The fraction of sp³-hybridized carbons (Fsp3) is 0.200. The average molecular weight is 271 g/mol. The lowest BCUT2D eigenvalue weighted by Gasteiger charge is -2.12. The van der Waals surface area contributed by atoms with Gasteiger partial charge in [0.2, 0.25) is 0 Å². The fourth-order valence-electron chi connectivity index (χ4n) is 1.87. The van der Waals surface area contributed by atoms with Crippen LogP contribution in [-0.4, -0.2) is 16.1 Å². The topological polar surface area (TPSA) is 66.9 Å². The molecule has 0 spiro atoms. The van der Waals surface area contributed by atoms with Crippen molar-refractivity contribution in [3.63, 3.8) is 0 Å². The number of hydrogen-bond donors (Lipinski definition) is 2. The molecule has 0 aliphatic heterocycles. The molecule has 5 heteroatoms. The maximum atomic E-state index is 11.9. The molecule has 0 bridgehead atoms. The van der Waals surface area contributed by atoms with Crippen LogP contribution in [0.5, 0.6) is 0 Å². The molecule has 2 aromatic rings. The molecule has 0 saturated carbocycles. The molecule has 0 radical (unpaired) electrons. The SMILES string of the molecule is C/C=C/CNc1cc(=O)[nH]c(=O)n1Cc1ccccc1. The highest BCUT2D eigenvalue weighted by atomic mass is 16.2. The van der Waals surface area contributed by atoms with Crippen molar-refractivity contribution >= 4 is 5.82 Å². The fourth-order valence-corrected chi connectivity index (χ4v) is 1.87. The zero-order valence-electron chi connectivity index (χ0n) is 11.3. The number of nitrogens with zero attached hydrogens (tertiary/aromatic N) is 1. The lowest BCUT2D eigenvalue weighted by Crippen LogP contribution is -2.32. The second-order valence-electron chi connectivity index (χ2n) is 4.35. The van der Waals surface area contributed by atoms with Crippen molar-refractivity contribution in [2.75, 3.05) is 11.9 Å². The van der Waals surface area contributed by atoms with Gasteiger partial charge in [0.1, 0.15) is 5.82 Å². The molecule has 1 aromatic heterocycles. The first-order valence-corrected chi connectivity index (χ1v) is 6.44. The molecule has 0 amide bonds. The van der Waals surface area contributed by atoms with Crippen LogP contribution in [0.4, 0.5) is 5.82 Å². The average Bonchev–Trinajstić information content (AvgIpc) is 2.44. The summed E-state index contributed by atoms with van der Waals surface area (Å²) in [5.74, 6) is 0.515. The predicted molar refractivity (Wildman–Crippen MR) is 80.2 cm³/mol. The highest BCUT2D eigenvalue weighted by molar-refractivity contribution is 5.35. The van der Waals surface area contributed by atoms with E-state index in [1.807, 2.05) is 49.4 Å². The Bertz CT molecular complexity index is 699. The van der Waals surface area contributed by atoms with E-state index in [0.29, 0.717) is 18.9 Å². The highest BCUT2D eigenvalue weighted by Crippen LogP contribution is 2.06. The summed E-state index contributed by atoms with van der Waals surface area (Å²) in [7, 11) is 0. The molecule has 0 aliphatic rings. The number of aromatic amines is 1. The first kappa shape index (κ1) is 13.9. The molecule has 2 N–H and O–H groups in total. The second-order valence-corrected chi connectivity index (χ2v) is 4.35. The first-order chi connectivity index (χ1) is 9.70. The third kappa shape index (κ3) is 3.47. The van der Waals surface area contributed by atoms with Crippen LogP contribution in [0.1, 0.15) is 12.5 Å². The number of H-pyrrole nitrogens is 1. The van der Waals surface area contributed by atoms with E-state index in [-0.39, 0.29) is 0 Å². The number of allylic oxidation sites excluding steroid dienone is 1. The Morgan fingerprint density at radius 3 is 2.70 bits per heavy atom. The third-order valence-electron chi connectivity index (χ3n) is 2.85. The molecule has 0 fully saturated rings. The minimum atomic E-state index is -0.413. The van der Waals surface area contributed by atoms with Crippen molar-refractivity contribution in [2.24, 2.45) is 0 Å². The van der Waals surface area contributed by atoms with E-state index in [9.17, 15) is 9.59 Å². The van der Waals surface area contributed by atoms with E-state index < -0.39 is 11.2 Å². The van der Waals surface area contributed by atoms with Crippen LogP contribution in [0.2, 0.25) is 0 Å². The van der Waals surface area contributed by atoms with Crippen molar-refractivity contribution < 1.29 is 0 Å². The minimum Gasteiger partial charge on any atom is -0.368 e. The summed E-state index contributed by atoms with van der Waals surface area (Å²) in [6.07, 6.45) is 3.82. The summed E-state index contributed by atoms with van der Waals surface area (Å²) in [5, 5.41) is 3.07. The number of rotatable bonds is 5. The Hall–Kier alpha value is -2.56. The van der Waals surface area contributed by atoms with Crippen molar-refractivity contribution in [1.82, 2.24) is 9.55 Å². The Balaban J connectivity index is 2.35. The predicted octanol–water partition coefficient (Wildman–Crippen LogP) is 1.57. The van der Waals surface area contributed by atoms with E-state index in [1.54, 1.807) is 0 Å². The lowest BCUT2D eigenvalue weighted by molar-refractivity contribution is 0.727. The van der Waals surface area contributed by atoms with Gasteiger partial charge in [-0.25, -0.2) is 4.79 Å². The molecule has 20 heavy (non-hydrogen) atoms. The monoisotopic (exact) mass is 271 g/mol. The Morgan fingerprint density at radius 2 is 2.00 bits per heavy atom. The zero-order chi connectivity index (χ0) is 14.4. The van der Waals surface area contributed by atoms with Crippen molar-refractivity contribution in [3.8, 4) is 0 Å². The van der Waals surface area contributed by atoms with E-state index in [4.69, 9.17) is 0 Å². The second kappa shape index (κ2) is 6.56. The molecular weight excluding hydrogens is 254 g/mol. The lowest BCUT2D eigenvalue weighted by atomic mass is 10.2. The van der Waals surface area contributed by atoms with Crippen molar-refractivity contribution in [3.05, 3.63) is 75.0 Å². The molecule has 104 valence electrons. The Morgan fingerprint density at radius 1 is 1.25 bits per heavy atom. The van der Waals surface area contributed by atoms with Gasteiger partial charge in [0.25, 0.3) is 5.56 Å². The van der Waals surface area contributed by atoms with E-state index in [2.05, 4.69) is 10.3 Å². The van der Waals surface area contributed by atoms with Crippen LogP contribution in [0.25, 0.3) is 0 Å². The van der Waals surface area contributed by atoms with Gasteiger partial charge in [0.05, 0.1) is 6.54 Å². The van der Waals surface area contributed by atoms with E-state index >= 15 is 0 Å². The summed E-state index contributed by atoms with van der Waals surface area (Å²) in [4.78, 5) is 25.7.